The molecule has 0 amide bonds. The normalized spacial score (nSPS) is 10.5. The molecule has 27 heavy (non-hydrogen) atoms. The Hall–Kier alpha value is -3.34. The molecule has 3 aromatic rings. The fourth-order valence-corrected chi connectivity index (χ4v) is 2.78. The van der Waals surface area contributed by atoms with Crippen LogP contribution in [-0.2, 0) is 11.2 Å². The maximum absolute atomic E-state index is 13.5. The average molecular weight is 366 g/mol. The SMILES string of the molecule is COc1cc(CC(=O)O)cc(Oc2cccc(-c3ccc(F)c(C)c3)c2)c1. The summed E-state index contributed by atoms with van der Waals surface area (Å²) in [5.74, 6) is 0.424. The quantitative estimate of drug-likeness (QED) is 0.649. The molecule has 3 aromatic carbocycles. The van der Waals surface area contributed by atoms with Crippen molar-refractivity contribution in [1.29, 1.82) is 0 Å². The van der Waals surface area contributed by atoms with E-state index >= 15 is 0 Å². The molecule has 0 aliphatic heterocycles. The molecule has 0 atom stereocenters. The van der Waals surface area contributed by atoms with Crippen LogP contribution >= 0.6 is 0 Å². The summed E-state index contributed by atoms with van der Waals surface area (Å²) in [5, 5.41) is 9.01. The molecule has 0 fully saturated rings. The second-order valence-corrected chi connectivity index (χ2v) is 6.18. The molecule has 0 unspecified atom stereocenters. The van der Waals surface area contributed by atoms with Crippen LogP contribution in [0.25, 0.3) is 11.1 Å². The van der Waals surface area contributed by atoms with E-state index in [0.29, 0.717) is 28.4 Å². The standard InChI is InChI=1S/C22H19FO4/c1-14-8-17(6-7-21(14)23)16-4-3-5-18(12-16)27-20-10-15(11-22(24)25)9-19(13-20)26-2/h3-10,12-13H,11H2,1-2H3,(H,24,25). The van der Waals surface area contributed by atoms with Crippen molar-refractivity contribution in [3.05, 3.63) is 77.6 Å². The van der Waals surface area contributed by atoms with E-state index in [1.54, 1.807) is 43.3 Å². The number of hydrogen-bond acceptors (Lipinski definition) is 3. The van der Waals surface area contributed by atoms with Crippen LogP contribution in [-0.4, -0.2) is 18.2 Å². The minimum absolute atomic E-state index is 0.123. The molecular weight excluding hydrogens is 347 g/mol. The van der Waals surface area contributed by atoms with Gasteiger partial charge in [-0.1, -0.05) is 18.2 Å². The van der Waals surface area contributed by atoms with Gasteiger partial charge >= 0.3 is 5.97 Å². The van der Waals surface area contributed by atoms with Crippen molar-refractivity contribution in [1.82, 2.24) is 0 Å². The van der Waals surface area contributed by atoms with Crippen LogP contribution in [0.1, 0.15) is 11.1 Å². The summed E-state index contributed by atoms with van der Waals surface area (Å²) in [7, 11) is 1.52. The second kappa shape index (κ2) is 7.91. The smallest absolute Gasteiger partial charge is 0.307 e. The third-order valence-electron chi connectivity index (χ3n) is 4.09. The Bertz CT molecular complexity index is 982. The third kappa shape index (κ3) is 4.64. The van der Waals surface area contributed by atoms with Gasteiger partial charge in [-0.2, -0.15) is 0 Å². The van der Waals surface area contributed by atoms with Gasteiger partial charge in [0.15, 0.2) is 0 Å². The molecule has 0 spiro atoms. The van der Waals surface area contributed by atoms with Gasteiger partial charge in [0.25, 0.3) is 0 Å². The van der Waals surface area contributed by atoms with E-state index in [-0.39, 0.29) is 12.2 Å². The highest BCUT2D eigenvalue weighted by atomic mass is 19.1. The molecule has 0 aromatic heterocycles. The van der Waals surface area contributed by atoms with E-state index in [2.05, 4.69) is 0 Å². The molecule has 4 nitrogen and oxygen atoms in total. The Balaban J connectivity index is 1.90. The van der Waals surface area contributed by atoms with Crippen LogP contribution in [0.15, 0.2) is 60.7 Å². The van der Waals surface area contributed by atoms with Gasteiger partial charge in [-0.05, 0) is 65.6 Å². The molecule has 0 aliphatic carbocycles. The Labute approximate surface area is 156 Å². The van der Waals surface area contributed by atoms with E-state index in [9.17, 15) is 9.18 Å². The lowest BCUT2D eigenvalue weighted by Crippen LogP contribution is -2.00. The first kappa shape index (κ1) is 18.5. The lowest BCUT2D eigenvalue weighted by molar-refractivity contribution is -0.136. The Morgan fingerprint density at radius 2 is 1.70 bits per heavy atom. The highest BCUT2D eigenvalue weighted by Crippen LogP contribution is 2.31. The van der Waals surface area contributed by atoms with Gasteiger partial charge in [0.05, 0.1) is 13.5 Å². The number of hydrogen-bond donors (Lipinski definition) is 1. The zero-order chi connectivity index (χ0) is 19.4. The van der Waals surface area contributed by atoms with Crippen molar-refractivity contribution in [3.8, 4) is 28.4 Å². The molecule has 0 saturated carbocycles. The first-order valence-electron chi connectivity index (χ1n) is 8.39. The number of ether oxygens (including phenoxy) is 2. The molecule has 0 heterocycles. The molecule has 3 rings (SSSR count). The number of aliphatic carboxylic acids is 1. The first-order valence-corrected chi connectivity index (χ1v) is 8.39. The van der Waals surface area contributed by atoms with Gasteiger partial charge < -0.3 is 14.6 Å². The van der Waals surface area contributed by atoms with Gasteiger partial charge in [-0.3, -0.25) is 4.79 Å². The van der Waals surface area contributed by atoms with Crippen LogP contribution < -0.4 is 9.47 Å². The number of halogens is 1. The lowest BCUT2D eigenvalue weighted by atomic mass is 10.0. The number of rotatable bonds is 6. The van der Waals surface area contributed by atoms with Gasteiger partial charge in [-0.25, -0.2) is 4.39 Å². The predicted octanol–water partition coefficient (Wildman–Crippen LogP) is 5.23. The van der Waals surface area contributed by atoms with E-state index in [0.717, 1.165) is 11.1 Å². The summed E-state index contributed by atoms with van der Waals surface area (Å²) in [6.45, 7) is 1.72. The zero-order valence-corrected chi connectivity index (χ0v) is 15.0. The number of carboxylic acids is 1. The van der Waals surface area contributed by atoms with Crippen molar-refractivity contribution in [2.24, 2.45) is 0 Å². The second-order valence-electron chi connectivity index (χ2n) is 6.18. The fraction of sp³-hybridized carbons (Fsp3) is 0.136. The molecule has 0 saturated heterocycles. The fourth-order valence-electron chi connectivity index (χ4n) is 2.78. The summed E-state index contributed by atoms with van der Waals surface area (Å²) in [4.78, 5) is 11.0. The molecule has 138 valence electrons. The van der Waals surface area contributed by atoms with Crippen molar-refractivity contribution in [2.45, 2.75) is 13.3 Å². The number of aryl methyl sites for hydroxylation is 1. The molecular formula is C22H19FO4. The average Bonchev–Trinajstić information content (AvgIpc) is 2.63. The number of carboxylic acid groups (broad SMARTS) is 1. The lowest BCUT2D eigenvalue weighted by Gasteiger charge is -2.11. The number of methoxy groups -OCH3 is 1. The van der Waals surface area contributed by atoms with E-state index in [4.69, 9.17) is 14.6 Å². The largest absolute Gasteiger partial charge is 0.497 e. The molecule has 0 bridgehead atoms. The molecule has 5 heteroatoms. The Morgan fingerprint density at radius 3 is 2.41 bits per heavy atom. The topological polar surface area (TPSA) is 55.8 Å². The summed E-state index contributed by atoms with van der Waals surface area (Å²) in [6, 6.07) is 17.4. The molecule has 0 radical (unpaired) electrons. The van der Waals surface area contributed by atoms with E-state index in [1.807, 2.05) is 18.2 Å². The Morgan fingerprint density at radius 1 is 0.963 bits per heavy atom. The van der Waals surface area contributed by atoms with Crippen molar-refractivity contribution >= 4 is 5.97 Å². The van der Waals surface area contributed by atoms with Crippen molar-refractivity contribution in [3.63, 3.8) is 0 Å². The van der Waals surface area contributed by atoms with Crippen LogP contribution in [0, 0.1) is 12.7 Å². The van der Waals surface area contributed by atoms with E-state index < -0.39 is 5.97 Å². The van der Waals surface area contributed by atoms with Gasteiger partial charge in [0, 0.05) is 6.07 Å². The van der Waals surface area contributed by atoms with Crippen LogP contribution in [0.4, 0.5) is 4.39 Å². The van der Waals surface area contributed by atoms with Gasteiger partial charge in [-0.15, -0.1) is 0 Å². The van der Waals surface area contributed by atoms with Crippen molar-refractivity contribution < 1.29 is 23.8 Å². The van der Waals surface area contributed by atoms with Gasteiger partial charge in [0.1, 0.15) is 23.1 Å². The van der Waals surface area contributed by atoms with Gasteiger partial charge in [0.2, 0.25) is 0 Å². The first-order chi connectivity index (χ1) is 12.9. The number of carbonyl (C=O) groups is 1. The maximum Gasteiger partial charge on any atom is 0.307 e. The Kier molecular flexibility index (Phi) is 5.41. The molecule has 1 N–H and O–H groups in total. The number of benzene rings is 3. The summed E-state index contributed by atoms with van der Waals surface area (Å²) < 4.78 is 24.6. The maximum atomic E-state index is 13.5. The summed E-state index contributed by atoms with van der Waals surface area (Å²) in [6.07, 6.45) is -0.123. The predicted molar refractivity (Wildman–Crippen MR) is 101 cm³/mol. The van der Waals surface area contributed by atoms with Crippen LogP contribution in [0.5, 0.6) is 17.2 Å². The molecule has 0 aliphatic rings. The minimum atomic E-state index is -0.928. The highest BCUT2D eigenvalue weighted by molar-refractivity contribution is 5.71. The highest BCUT2D eigenvalue weighted by Gasteiger charge is 2.08. The summed E-state index contributed by atoms with van der Waals surface area (Å²) >= 11 is 0. The minimum Gasteiger partial charge on any atom is -0.497 e. The summed E-state index contributed by atoms with van der Waals surface area (Å²) in [5.41, 5.74) is 2.94. The van der Waals surface area contributed by atoms with Crippen LogP contribution in [0.2, 0.25) is 0 Å². The van der Waals surface area contributed by atoms with Crippen molar-refractivity contribution in [2.75, 3.05) is 7.11 Å². The third-order valence-corrected chi connectivity index (χ3v) is 4.09. The van der Waals surface area contributed by atoms with E-state index in [1.165, 1.54) is 13.2 Å². The zero-order valence-electron chi connectivity index (χ0n) is 15.0. The van der Waals surface area contributed by atoms with Crippen LogP contribution in [0.3, 0.4) is 0 Å². The monoisotopic (exact) mass is 366 g/mol.